The summed E-state index contributed by atoms with van der Waals surface area (Å²) in [5.74, 6) is -2.72. The van der Waals surface area contributed by atoms with E-state index in [1.54, 1.807) is 0 Å². The molecule has 2 rings (SSSR count). The molecule has 0 bridgehead atoms. The molecular weight excluding hydrogens is 268 g/mol. The predicted octanol–water partition coefficient (Wildman–Crippen LogP) is 1.05. The van der Waals surface area contributed by atoms with E-state index in [1.807, 2.05) is 0 Å². The summed E-state index contributed by atoms with van der Waals surface area (Å²) in [6, 6.07) is 2.26. The second kappa shape index (κ2) is 4.80. The van der Waals surface area contributed by atoms with Crippen LogP contribution < -0.4 is 4.90 Å². The number of phenolic OH excluding ortho intramolecular Hbond substituents is 1. The third kappa shape index (κ3) is 2.27. The molecule has 2 N–H and O–H groups in total. The molecule has 8 heteroatoms. The van der Waals surface area contributed by atoms with Gasteiger partial charge in [0.1, 0.15) is 5.75 Å². The largest absolute Gasteiger partial charge is 0.505 e. The predicted molar refractivity (Wildman–Crippen MR) is 67.6 cm³/mol. The summed E-state index contributed by atoms with van der Waals surface area (Å²) < 4.78 is 0. The second-order valence-corrected chi connectivity index (χ2v) is 4.63. The number of amides is 1. The van der Waals surface area contributed by atoms with Gasteiger partial charge in [0.05, 0.1) is 16.5 Å². The van der Waals surface area contributed by atoms with Crippen LogP contribution in [0.1, 0.15) is 12.0 Å². The number of aryl methyl sites for hydroxylation is 1. The van der Waals surface area contributed by atoms with E-state index in [4.69, 9.17) is 5.11 Å². The van der Waals surface area contributed by atoms with E-state index in [9.17, 15) is 24.8 Å². The van der Waals surface area contributed by atoms with Crippen molar-refractivity contribution in [3.8, 4) is 5.75 Å². The van der Waals surface area contributed by atoms with Gasteiger partial charge in [-0.05, 0) is 12.5 Å². The number of non-ortho nitro benzene ring substituents is 1. The standard InChI is InChI=1S/C12H12N2O6/c1-6-2-8(14(19)20)4-9(11(6)16)13-5-7(12(17)18)3-10(13)15/h2,4,7,16H,3,5H2,1H3,(H,17,18). The Morgan fingerprint density at radius 2 is 2.15 bits per heavy atom. The molecule has 0 aliphatic carbocycles. The van der Waals surface area contributed by atoms with Crippen molar-refractivity contribution in [1.29, 1.82) is 0 Å². The molecule has 20 heavy (non-hydrogen) atoms. The van der Waals surface area contributed by atoms with Crippen molar-refractivity contribution >= 4 is 23.3 Å². The minimum atomic E-state index is -1.11. The first-order valence-electron chi connectivity index (χ1n) is 5.82. The maximum Gasteiger partial charge on any atom is 0.308 e. The van der Waals surface area contributed by atoms with E-state index >= 15 is 0 Å². The lowest BCUT2D eigenvalue weighted by atomic mass is 10.1. The van der Waals surface area contributed by atoms with Crippen LogP contribution in [0.25, 0.3) is 0 Å². The number of rotatable bonds is 3. The fraction of sp³-hybridized carbons (Fsp3) is 0.333. The number of carboxylic acid groups (broad SMARTS) is 1. The first kappa shape index (κ1) is 13.8. The van der Waals surface area contributed by atoms with Crippen LogP contribution in [0, 0.1) is 23.0 Å². The maximum absolute atomic E-state index is 11.8. The summed E-state index contributed by atoms with van der Waals surface area (Å²) in [5.41, 5.74) is -0.0342. The van der Waals surface area contributed by atoms with Crippen LogP contribution in [-0.4, -0.2) is 33.6 Å². The molecule has 1 amide bonds. The van der Waals surface area contributed by atoms with Gasteiger partial charge in [0.25, 0.3) is 5.69 Å². The number of benzene rings is 1. The quantitative estimate of drug-likeness (QED) is 0.630. The van der Waals surface area contributed by atoms with Crippen molar-refractivity contribution in [3.63, 3.8) is 0 Å². The molecule has 1 aliphatic heterocycles. The van der Waals surface area contributed by atoms with Gasteiger partial charge in [-0.3, -0.25) is 19.7 Å². The number of anilines is 1. The van der Waals surface area contributed by atoms with Crippen LogP contribution in [0.4, 0.5) is 11.4 Å². The van der Waals surface area contributed by atoms with Crippen LogP contribution in [0.5, 0.6) is 5.75 Å². The van der Waals surface area contributed by atoms with Gasteiger partial charge in [-0.1, -0.05) is 0 Å². The summed E-state index contributed by atoms with van der Waals surface area (Å²) in [7, 11) is 0. The van der Waals surface area contributed by atoms with E-state index < -0.39 is 22.7 Å². The number of aromatic hydroxyl groups is 1. The smallest absolute Gasteiger partial charge is 0.308 e. The second-order valence-electron chi connectivity index (χ2n) is 4.63. The summed E-state index contributed by atoms with van der Waals surface area (Å²) in [6.07, 6.45) is -0.184. The minimum Gasteiger partial charge on any atom is -0.505 e. The van der Waals surface area contributed by atoms with Gasteiger partial charge in [0.2, 0.25) is 5.91 Å². The van der Waals surface area contributed by atoms with Gasteiger partial charge in [-0.15, -0.1) is 0 Å². The molecule has 1 saturated heterocycles. The van der Waals surface area contributed by atoms with Crippen molar-refractivity contribution in [2.45, 2.75) is 13.3 Å². The molecule has 0 saturated carbocycles. The molecule has 0 radical (unpaired) electrons. The molecular formula is C12H12N2O6. The van der Waals surface area contributed by atoms with Gasteiger partial charge in [0.15, 0.2) is 0 Å². The fourth-order valence-corrected chi connectivity index (χ4v) is 2.16. The molecule has 0 spiro atoms. The van der Waals surface area contributed by atoms with Gasteiger partial charge in [-0.25, -0.2) is 0 Å². The molecule has 1 aromatic rings. The monoisotopic (exact) mass is 280 g/mol. The molecule has 1 aliphatic rings. The molecule has 1 unspecified atom stereocenters. The molecule has 1 aromatic carbocycles. The third-order valence-electron chi connectivity index (χ3n) is 3.24. The highest BCUT2D eigenvalue weighted by atomic mass is 16.6. The Morgan fingerprint density at radius 1 is 1.50 bits per heavy atom. The Morgan fingerprint density at radius 3 is 2.65 bits per heavy atom. The highest BCUT2D eigenvalue weighted by Gasteiger charge is 2.37. The number of carboxylic acids is 1. The zero-order chi connectivity index (χ0) is 15.0. The van der Waals surface area contributed by atoms with Crippen molar-refractivity contribution in [2.75, 3.05) is 11.4 Å². The van der Waals surface area contributed by atoms with Crippen molar-refractivity contribution in [1.82, 2.24) is 0 Å². The van der Waals surface area contributed by atoms with Crippen molar-refractivity contribution < 1.29 is 24.7 Å². The lowest BCUT2D eigenvalue weighted by Crippen LogP contribution is -2.26. The van der Waals surface area contributed by atoms with Gasteiger partial charge >= 0.3 is 5.97 Å². The number of carbonyl (C=O) groups is 2. The van der Waals surface area contributed by atoms with E-state index in [0.717, 1.165) is 11.0 Å². The number of hydrogen-bond acceptors (Lipinski definition) is 5. The van der Waals surface area contributed by atoms with Crippen LogP contribution in [0.3, 0.4) is 0 Å². The summed E-state index contributed by atoms with van der Waals surface area (Å²) in [5, 5.41) is 29.7. The fourth-order valence-electron chi connectivity index (χ4n) is 2.16. The lowest BCUT2D eigenvalue weighted by molar-refractivity contribution is -0.384. The van der Waals surface area contributed by atoms with E-state index in [1.165, 1.54) is 13.0 Å². The first-order valence-corrected chi connectivity index (χ1v) is 5.82. The highest BCUT2D eigenvalue weighted by molar-refractivity contribution is 6.00. The Hall–Kier alpha value is -2.64. The third-order valence-corrected chi connectivity index (χ3v) is 3.24. The van der Waals surface area contributed by atoms with Crippen LogP contribution in [0.2, 0.25) is 0 Å². The maximum atomic E-state index is 11.8. The molecule has 1 fully saturated rings. The van der Waals surface area contributed by atoms with Crippen LogP contribution in [-0.2, 0) is 9.59 Å². The number of nitro benzene ring substituents is 1. The topological polar surface area (TPSA) is 121 Å². The Kier molecular flexibility index (Phi) is 3.31. The normalized spacial score (nSPS) is 18.4. The van der Waals surface area contributed by atoms with Gasteiger partial charge in [0, 0.05) is 25.1 Å². The average molecular weight is 280 g/mol. The Labute approximate surface area is 113 Å². The zero-order valence-electron chi connectivity index (χ0n) is 10.6. The highest BCUT2D eigenvalue weighted by Crippen LogP contribution is 2.37. The van der Waals surface area contributed by atoms with Crippen LogP contribution in [0.15, 0.2) is 12.1 Å². The number of nitrogens with zero attached hydrogens (tertiary/aromatic N) is 2. The number of phenols is 1. The van der Waals surface area contributed by atoms with Crippen molar-refractivity contribution in [3.05, 3.63) is 27.8 Å². The summed E-state index contributed by atoms with van der Waals surface area (Å²) >= 11 is 0. The zero-order valence-corrected chi connectivity index (χ0v) is 10.6. The number of nitro groups is 1. The summed E-state index contributed by atoms with van der Waals surface area (Å²) in [6.45, 7) is 1.36. The molecule has 8 nitrogen and oxygen atoms in total. The SMILES string of the molecule is Cc1cc([N+](=O)[O-])cc(N2CC(C(=O)O)CC2=O)c1O. The van der Waals surface area contributed by atoms with E-state index in [0.29, 0.717) is 0 Å². The Balaban J connectivity index is 2.45. The molecule has 1 heterocycles. The summed E-state index contributed by atoms with van der Waals surface area (Å²) in [4.78, 5) is 34.0. The number of hydrogen-bond donors (Lipinski definition) is 2. The number of aliphatic carboxylic acids is 1. The van der Waals surface area contributed by atoms with Gasteiger partial charge in [-0.2, -0.15) is 0 Å². The van der Waals surface area contributed by atoms with Gasteiger partial charge < -0.3 is 15.1 Å². The van der Waals surface area contributed by atoms with E-state index in [-0.39, 0.29) is 35.7 Å². The molecule has 106 valence electrons. The minimum absolute atomic E-state index is 0.0227. The first-order chi connectivity index (χ1) is 9.31. The molecule has 1 atom stereocenters. The number of carbonyl (C=O) groups excluding carboxylic acids is 1. The molecule has 0 aromatic heterocycles. The van der Waals surface area contributed by atoms with Crippen molar-refractivity contribution in [2.24, 2.45) is 5.92 Å². The average Bonchev–Trinajstić information content (AvgIpc) is 2.74. The van der Waals surface area contributed by atoms with E-state index in [2.05, 4.69) is 0 Å². The van der Waals surface area contributed by atoms with Crippen LogP contribution >= 0.6 is 0 Å². The Bertz CT molecular complexity index is 612. The lowest BCUT2D eigenvalue weighted by Gasteiger charge is -2.18.